The van der Waals surface area contributed by atoms with Crippen LogP contribution in [0, 0.1) is 22.7 Å². The summed E-state index contributed by atoms with van der Waals surface area (Å²) in [6.45, 7) is 0.603. The number of aromatic nitrogens is 3. The van der Waals surface area contributed by atoms with Crippen molar-refractivity contribution in [2.45, 2.75) is 18.0 Å². The summed E-state index contributed by atoms with van der Waals surface area (Å²) in [6.07, 6.45) is 2.07. The lowest BCUT2D eigenvalue weighted by Gasteiger charge is -2.19. The lowest BCUT2D eigenvalue weighted by atomic mass is 10.3. The first-order valence-electron chi connectivity index (χ1n) is 6.91. The van der Waals surface area contributed by atoms with Crippen LogP contribution in [0.25, 0.3) is 5.65 Å². The molecule has 24 heavy (non-hydrogen) atoms. The van der Waals surface area contributed by atoms with Crippen molar-refractivity contribution in [3.63, 3.8) is 0 Å². The molecule has 0 saturated heterocycles. The maximum absolute atomic E-state index is 12.3. The summed E-state index contributed by atoms with van der Waals surface area (Å²) in [5.74, 6) is -0.0581. The van der Waals surface area contributed by atoms with Gasteiger partial charge < -0.3 is 4.90 Å². The third-order valence-corrected chi connectivity index (χ3v) is 4.47. The average Bonchev–Trinajstić information content (AvgIpc) is 2.96. The molecular weight excluding hydrogens is 371 g/mol. The molecule has 0 N–H and O–H groups in total. The summed E-state index contributed by atoms with van der Waals surface area (Å²) in [5.41, 5.74) is 0.460. The number of halogens is 2. The SMILES string of the molecule is N#CCCN(CCC#N)C(=O)CSc1nnc2c(Cl)cc(Cl)cn12. The molecule has 2 aromatic heterocycles. The molecule has 0 radical (unpaired) electrons. The number of thioether (sulfide) groups is 1. The molecule has 0 atom stereocenters. The van der Waals surface area contributed by atoms with E-state index < -0.39 is 0 Å². The van der Waals surface area contributed by atoms with Gasteiger partial charge in [0.15, 0.2) is 10.8 Å². The van der Waals surface area contributed by atoms with Gasteiger partial charge in [0.2, 0.25) is 5.91 Å². The van der Waals surface area contributed by atoms with Crippen LogP contribution < -0.4 is 0 Å². The number of carbonyl (C=O) groups is 1. The monoisotopic (exact) mass is 382 g/mol. The van der Waals surface area contributed by atoms with E-state index in [4.69, 9.17) is 33.7 Å². The number of nitriles is 2. The summed E-state index contributed by atoms with van der Waals surface area (Å²) in [7, 11) is 0. The predicted molar refractivity (Wildman–Crippen MR) is 90.8 cm³/mol. The van der Waals surface area contributed by atoms with Crippen LogP contribution in [0.4, 0.5) is 0 Å². The molecule has 0 fully saturated rings. The molecule has 10 heteroatoms. The Morgan fingerprint density at radius 3 is 2.54 bits per heavy atom. The van der Waals surface area contributed by atoms with Crippen molar-refractivity contribution < 1.29 is 4.79 Å². The molecule has 0 aliphatic heterocycles. The quantitative estimate of drug-likeness (QED) is 0.682. The number of fused-ring (bicyclic) bond motifs is 1. The van der Waals surface area contributed by atoms with Gasteiger partial charge in [-0.15, -0.1) is 10.2 Å². The smallest absolute Gasteiger partial charge is 0.233 e. The molecule has 0 aromatic carbocycles. The molecule has 0 aliphatic carbocycles. The molecule has 2 aromatic rings. The van der Waals surface area contributed by atoms with Gasteiger partial charge in [-0.3, -0.25) is 9.20 Å². The number of hydrogen-bond acceptors (Lipinski definition) is 6. The molecule has 0 aliphatic rings. The molecule has 0 bridgehead atoms. The molecule has 2 rings (SSSR count). The molecule has 0 saturated carbocycles. The van der Waals surface area contributed by atoms with E-state index in [9.17, 15) is 4.79 Å². The first-order chi connectivity index (χ1) is 11.6. The lowest BCUT2D eigenvalue weighted by molar-refractivity contribution is -0.128. The van der Waals surface area contributed by atoms with Crippen LogP contribution in [-0.4, -0.2) is 44.2 Å². The van der Waals surface area contributed by atoms with E-state index in [2.05, 4.69) is 10.2 Å². The zero-order chi connectivity index (χ0) is 17.5. The van der Waals surface area contributed by atoms with Crippen LogP contribution in [0.15, 0.2) is 17.4 Å². The summed E-state index contributed by atoms with van der Waals surface area (Å²) in [4.78, 5) is 13.8. The second-order valence-electron chi connectivity index (χ2n) is 4.67. The summed E-state index contributed by atoms with van der Waals surface area (Å²) in [6, 6.07) is 5.56. The highest BCUT2D eigenvalue weighted by Crippen LogP contribution is 2.25. The van der Waals surface area contributed by atoms with Gasteiger partial charge in [-0.25, -0.2) is 0 Å². The minimum atomic E-state index is -0.171. The minimum Gasteiger partial charge on any atom is -0.340 e. The van der Waals surface area contributed by atoms with Crippen molar-refractivity contribution in [1.29, 1.82) is 10.5 Å². The Labute approximate surface area is 152 Å². The van der Waals surface area contributed by atoms with Gasteiger partial charge in [0.25, 0.3) is 0 Å². The molecule has 0 spiro atoms. The third kappa shape index (κ3) is 4.51. The van der Waals surface area contributed by atoms with Gasteiger partial charge in [0, 0.05) is 19.3 Å². The highest BCUT2D eigenvalue weighted by atomic mass is 35.5. The Bertz CT molecular complexity index is 807. The maximum atomic E-state index is 12.3. The van der Waals surface area contributed by atoms with Crippen LogP contribution in [0.5, 0.6) is 0 Å². The average molecular weight is 383 g/mol. The van der Waals surface area contributed by atoms with Gasteiger partial charge in [-0.2, -0.15) is 10.5 Å². The Morgan fingerprint density at radius 1 is 1.25 bits per heavy atom. The van der Waals surface area contributed by atoms with Gasteiger partial charge >= 0.3 is 0 Å². The number of carbonyl (C=O) groups excluding carboxylic acids is 1. The van der Waals surface area contributed by atoms with Gasteiger partial charge in [-0.05, 0) is 6.07 Å². The topological polar surface area (TPSA) is 98.1 Å². The van der Waals surface area contributed by atoms with Crippen LogP contribution in [-0.2, 0) is 4.79 Å². The van der Waals surface area contributed by atoms with Crippen molar-refractivity contribution >= 4 is 46.5 Å². The minimum absolute atomic E-state index is 0.113. The largest absolute Gasteiger partial charge is 0.340 e. The normalized spacial score (nSPS) is 10.3. The standard InChI is InChI=1S/C14H12Cl2N6OS/c15-10-7-11(16)13-19-20-14(22(13)8-10)24-9-12(23)21(5-1-3-17)6-2-4-18/h7-8H,1-2,5-6,9H2. The first kappa shape index (κ1) is 18.3. The second kappa shape index (κ2) is 8.74. The molecule has 0 unspecified atom stereocenters. The summed E-state index contributed by atoms with van der Waals surface area (Å²) >= 11 is 13.2. The Balaban J connectivity index is 2.07. The number of rotatable bonds is 7. The summed E-state index contributed by atoms with van der Waals surface area (Å²) < 4.78 is 1.62. The number of nitrogens with zero attached hydrogens (tertiary/aromatic N) is 6. The fourth-order valence-corrected chi connectivity index (χ4v) is 3.27. The maximum Gasteiger partial charge on any atom is 0.233 e. The zero-order valence-electron chi connectivity index (χ0n) is 12.4. The van der Waals surface area contributed by atoms with Gasteiger partial charge in [-0.1, -0.05) is 35.0 Å². The van der Waals surface area contributed by atoms with E-state index in [1.807, 2.05) is 12.1 Å². The Hall–Kier alpha value is -2.00. The Morgan fingerprint density at radius 2 is 1.92 bits per heavy atom. The highest BCUT2D eigenvalue weighted by molar-refractivity contribution is 7.99. The first-order valence-corrected chi connectivity index (χ1v) is 8.65. The molecular formula is C14H12Cl2N6OS. The van der Waals surface area contributed by atoms with E-state index in [1.165, 1.54) is 16.7 Å². The number of amides is 1. The highest BCUT2D eigenvalue weighted by Gasteiger charge is 2.16. The molecule has 1 amide bonds. The van der Waals surface area contributed by atoms with E-state index >= 15 is 0 Å². The van der Waals surface area contributed by atoms with Gasteiger partial charge in [0.1, 0.15) is 0 Å². The molecule has 2 heterocycles. The lowest BCUT2D eigenvalue weighted by Crippen LogP contribution is -2.34. The zero-order valence-corrected chi connectivity index (χ0v) is 14.8. The van der Waals surface area contributed by atoms with Crippen LogP contribution in [0.2, 0.25) is 10.0 Å². The van der Waals surface area contributed by atoms with E-state index in [0.717, 1.165) is 0 Å². The summed E-state index contributed by atoms with van der Waals surface area (Å²) in [5, 5.41) is 26.6. The van der Waals surface area contributed by atoms with Crippen LogP contribution >= 0.6 is 35.0 Å². The van der Waals surface area contributed by atoms with Crippen molar-refractivity contribution in [1.82, 2.24) is 19.5 Å². The van der Waals surface area contributed by atoms with Crippen molar-refractivity contribution in [2.24, 2.45) is 0 Å². The van der Waals surface area contributed by atoms with Crippen molar-refractivity contribution in [3.05, 3.63) is 22.3 Å². The number of pyridine rings is 1. The second-order valence-corrected chi connectivity index (χ2v) is 6.45. The van der Waals surface area contributed by atoms with Crippen LogP contribution in [0.3, 0.4) is 0 Å². The fourth-order valence-electron chi connectivity index (χ4n) is 1.95. The van der Waals surface area contributed by atoms with E-state index in [1.54, 1.807) is 16.7 Å². The predicted octanol–water partition coefficient (Wildman–Crippen LogP) is 2.78. The Kier molecular flexibility index (Phi) is 6.68. The van der Waals surface area contributed by atoms with Gasteiger partial charge in [0.05, 0.1) is 40.8 Å². The van der Waals surface area contributed by atoms with E-state index in [0.29, 0.717) is 33.9 Å². The van der Waals surface area contributed by atoms with Crippen molar-refractivity contribution in [3.8, 4) is 12.1 Å². The molecule has 7 nitrogen and oxygen atoms in total. The third-order valence-electron chi connectivity index (χ3n) is 3.06. The fraction of sp³-hybridized carbons (Fsp3) is 0.357. The van der Waals surface area contributed by atoms with Crippen LogP contribution in [0.1, 0.15) is 12.8 Å². The van der Waals surface area contributed by atoms with Crippen molar-refractivity contribution in [2.75, 3.05) is 18.8 Å². The van der Waals surface area contributed by atoms with E-state index in [-0.39, 0.29) is 24.5 Å². The molecule has 124 valence electrons. The number of hydrogen-bond donors (Lipinski definition) is 0.